The lowest BCUT2D eigenvalue weighted by molar-refractivity contribution is -0.117. The first kappa shape index (κ1) is 21.6. The van der Waals surface area contributed by atoms with Crippen molar-refractivity contribution in [3.63, 3.8) is 0 Å². The summed E-state index contributed by atoms with van der Waals surface area (Å²) in [5.74, 6) is -0.0748. The van der Waals surface area contributed by atoms with E-state index >= 15 is 0 Å². The van der Waals surface area contributed by atoms with Crippen LogP contribution in [0.25, 0.3) is 0 Å². The second-order valence-electron chi connectivity index (χ2n) is 7.39. The molecule has 0 unspecified atom stereocenters. The third kappa shape index (κ3) is 5.17. The molecule has 0 spiro atoms. The molecule has 8 nitrogen and oxygen atoms in total. The van der Waals surface area contributed by atoms with E-state index in [0.29, 0.717) is 29.9 Å². The Kier molecular flexibility index (Phi) is 6.55. The molecular weight excluding hydrogens is 426 g/mol. The zero-order valence-corrected chi connectivity index (χ0v) is 18.4. The van der Waals surface area contributed by atoms with Gasteiger partial charge in [0.25, 0.3) is 5.91 Å². The van der Waals surface area contributed by atoms with Gasteiger partial charge in [0.15, 0.2) is 5.16 Å². The molecule has 1 fully saturated rings. The van der Waals surface area contributed by atoms with E-state index in [1.807, 2.05) is 29.9 Å². The molecule has 3 aromatic rings. The van der Waals surface area contributed by atoms with Gasteiger partial charge < -0.3 is 20.1 Å². The SMILES string of the molecule is Cn1ccnc1SCC(=O)Nc1ccc(C(=O)Nc2cccc(N3CCCC3=O)c2)cc1. The Bertz CT molecular complexity index is 1140. The number of carbonyl (C=O) groups excluding carboxylic acids is 3. The third-order valence-corrected chi connectivity index (χ3v) is 6.09. The van der Waals surface area contributed by atoms with Gasteiger partial charge in [-0.15, -0.1) is 0 Å². The van der Waals surface area contributed by atoms with Crippen LogP contribution in [0.1, 0.15) is 23.2 Å². The molecule has 4 rings (SSSR count). The van der Waals surface area contributed by atoms with E-state index in [1.165, 1.54) is 11.8 Å². The molecule has 0 atom stereocenters. The number of aromatic nitrogens is 2. The number of hydrogen-bond acceptors (Lipinski definition) is 5. The predicted molar refractivity (Wildman–Crippen MR) is 125 cm³/mol. The quantitative estimate of drug-likeness (QED) is 0.538. The molecule has 32 heavy (non-hydrogen) atoms. The lowest BCUT2D eigenvalue weighted by Crippen LogP contribution is -2.23. The minimum absolute atomic E-state index is 0.101. The number of hydrogen-bond donors (Lipinski definition) is 2. The van der Waals surface area contributed by atoms with E-state index in [2.05, 4.69) is 15.6 Å². The number of nitrogens with one attached hydrogen (secondary N) is 2. The summed E-state index contributed by atoms with van der Waals surface area (Å²) in [6.45, 7) is 0.698. The fourth-order valence-corrected chi connectivity index (χ4v) is 4.13. The van der Waals surface area contributed by atoms with Gasteiger partial charge in [0.2, 0.25) is 11.8 Å². The molecule has 1 saturated heterocycles. The van der Waals surface area contributed by atoms with Crippen LogP contribution in [0.15, 0.2) is 66.1 Å². The molecule has 164 valence electrons. The first-order chi connectivity index (χ1) is 15.5. The first-order valence-electron chi connectivity index (χ1n) is 10.2. The molecule has 1 aliphatic rings. The monoisotopic (exact) mass is 449 g/mol. The number of anilines is 3. The van der Waals surface area contributed by atoms with Gasteiger partial charge in [-0.2, -0.15) is 0 Å². The minimum Gasteiger partial charge on any atom is -0.329 e. The average Bonchev–Trinajstić information content (AvgIpc) is 3.40. The second kappa shape index (κ2) is 9.69. The molecule has 2 N–H and O–H groups in total. The van der Waals surface area contributed by atoms with Crippen LogP contribution in [0.2, 0.25) is 0 Å². The van der Waals surface area contributed by atoms with Crippen molar-refractivity contribution in [2.45, 2.75) is 18.0 Å². The highest BCUT2D eigenvalue weighted by molar-refractivity contribution is 7.99. The molecule has 2 heterocycles. The van der Waals surface area contributed by atoms with Crippen molar-refractivity contribution in [3.8, 4) is 0 Å². The highest BCUT2D eigenvalue weighted by Gasteiger charge is 2.21. The van der Waals surface area contributed by atoms with Crippen LogP contribution in [0, 0.1) is 0 Å². The highest BCUT2D eigenvalue weighted by atomic mass is 32.2. The Morgan fingerprint density at radius 2 is 1.91 bits per heavy atom. The zero-order chi connectivity index (χ0) is 22.5. The summed E-state index contributed by atoms with van der Waals surface area (Å²) < 4.78 is 1.85. The standard InChI is InChI=1S/C23H23N5O3S/c1-27-13-11-24-23(27)32-15-20(29)25-17-9-7-16(8-10-17)22(31)26-18-4-2-5-19(14-18)28-12-3-6-21(28)30/h2,4-5,7-11,13-14H,3,6,12,15H2,1H3,(H,25,29)(H,26,31). The van der Waals surface area contributed by atoms with E-state index in [-0.39, 0.29) is 23.5 Å². The topological polar surface area (TPSA) is 96.3 Å². The number of imidazole rings is 1. The summed E-state index contributed by atoms with van der Waals surface area (Å²) >= 11 is 1.35. The summed E-state index contributed by atoms with van der Waals surface area (Å²) in [6.07, 6.45) is 4.92. The van der Waals surface area contributed by atoms with Gasteiger partial charge in [0.1, 0.15) is 0 Å². The van der Waals surface area contributed by atoms with E-state index in [0.717, 1.165) is 17.3 Å². The van der Waals surface area contributed by atoms with Crippen molar-refractivity contribution in [2.75, 3.05) is 27.8 Å². The van der Waals surface area contributed by atoms with Crippen molar-refractivity contribution in [2.24, 2.45) is 7.05 Å². The van der Waals surface area contributed by atoms with Gasteiger partial charge in [0, 0.05) is 55.0 Å². The van der Waals surface area contributed by atoms with Crippen LogP contribution in [-0.2, 0) is 16.6 Å². The maximum absolute atomic E-state index is 12.6. The largest absolute Gasteiger partial charge is 0.329 e. The number of rotatable bonds is 7. The Balaban J connectivity index is 1.32. The average molecular weight is 450 g/mol. The second-order valence-corrected chi connectivity index (χ2v) is 8.33. The minimum atomic E-state index is -0.266. The normalized spacial score (nSPS) is 13.3. The first-order valence-corrected chi connectivity index (χ1v) is 11.2. The Hall–Kier alpha value is -3.59. The van der Waals surface area contributed by atoms with Crippen LogP contribution in [-0.4, -0.2) is 39.6 Å². The number of carbonyl (C=O) groups is 3. The molecule has 3 amide bonds. The van der Waals surface area contributed by atoms with Crippen LogP contribution in [0.3, 0.4) is 0 Å². The van der Waals surface area contributed by atoms with Crippen molar-refractivity contribution in [1.82, 2.24) is 9.55 Å². The maximum Gasteiger partial charge on any atom is 0.255 e. The van der Waals surface area contributed by atoms with Crippen molar-refractivity contribution >= 4 is 46.5 Å². The van der Waals surface area contributed by atoms with Crippen LogP contribution < -0.4 is 15.5 Å². The summed E-state index contributed by atoms with van der Waals surface area (Å²) in [6, 6.07) is 14.0. The molecule has 1 aliphatic heterocycles. The number of nitrogens with zero attached hydrogens (tertiary/aromatic N) is 3. The Labute approximate surface area is 190 Å². The molecule has 0 bridgehead atoms. The molecule has 2 aromatic carbocycles. The third-order valence-electron chi connectivity index (χ3n) is 5.03. The molecule has 0 saturated carbocycles. The lowest BCUT2D eigenvalue weighted by Gasteiger charge is -2.16. The van der Waals surface area contributed by atoms with Crippen molar-refractivity contribution in [1.29, 1.82) is 0 Å². The van der Waals surface area contributed by atoms with E-state index < -0.39 is 0 Å². The Morgan fingerprint density at radius 3 is 2.59 bits per heavy atom. The Morgan fingerprint density at radius 1 is 1.09 bits per heavy atom. The zero-order valence-electron chi connectivity index (χ0n) is 17.6. The summed E-state index contributed by atoms with van der Waals surface area (Å²) in [5.41, 5.74) is 2.48. The summed E-state index contributed by atoms with van der Waals surface area (Å²) in [7, 11) is 1.87. The molecule has 1 aromatic heterocycles. The highest BCUT2D eigenvalue weighted by Crippen LogP contribution is 2.24. The maximum atomic E-state index is 12.6. The number of benzene rings is 2. The van der Waals surface area contributed by atoms with E-state index in [9.17, 15) is 14.4 Å². The number of thioether (sulfide) groups is 1. The van der Waals surface area contributed by atoms with Crippen LogP contribution in [0.5, 0.6) is 0 Å². The fraction of sp³-hybridized carbons (Fsp3) is 0.217. The van der Waals surface area contributed by atoms with Crippen molar-refractivity contribution < 1.29 is 14.4 Å². The van der Waals surface area contributed by atoms with Crippen molar-refractivity contribution in [3.05, 3.63) is 66.5 Å². The van der Waals surface area contributed by atoms with Gasteiger partial charge in [-0.05, 0) is 48.9 Å². The van der Waals surface area contributed by atoms with Gasteiger partial charge >= 0.3 is 0 Å². The van der Waals surface area contributed by atoms with E-state index in [4.69, 9.17) is 0 Å². The number of aryl methyl sites for hydroxylation is 1. The van der Waals surface area contributed by atoms with Gasteiger partial charge in [-0.25, -0.2) is 4.98 Å². The smallest absolute Gasteiger partial charge is 0.255 e. The predicted octanol–water partition coefficient (Wildman–Crippen LogP) is 3.53. The molecular formula is C23H23N5O3S. The van der Waals surface area contributed by atoms with Gasteiger partial charge in [0.05, 0.1) is 5.75 Å². The summed E-state index contributed by atoms with van der Waals surface area (Å²) in [5, 5.41) is 6.45. The molecule has 0 aliphatic carbocycles. The fourth-order valence-electron chi connectivity index (χ4n) is 3.40. The van der Waals surface area contributed by atoms with Gasteiger partial charge in [-0.1, -0.05) is 17.8 Å². The summed E-state index contributed by atoms with van der Waals surface area (Å²) in [4.78, 5) is 42.7. The molecule has 9 heteroatoms. The van der Waals surface area contributed by atoms with Gasteiger partial charge in [-0.3, -0.25) is 14.4 Å². The van der Waals surface area contributed by atoms with Crippen LogP contribution in [0.4, 0.5) is 17.1 Å². The number of amides is 3. The van der Waals surface area contributed by atoms with E-state index in [1.54, 1.807) is 47.5 Å². The molecule has 0 radical (unpaired) electrons. The van der Waals surface area contributed by atoms with Crippen LogP contribution >= 0.6 is 11.8 Å². The lowest BCUT2D eigenvalue weighted by atomic mass is 10.2.